The van der Waals surface area contributed by atoms with E-state index in [1.807, 2.05) is 19.1 Å². The first-order valence-electron chi connectivity index (χ1n) is 8.11. The minimum atomic E-state index is -0.222. The Morgan fingerprint density at radius 3 is 1.73 bits per heavy atom. The third-order valence-corrected chi connectivity index (χ3v) is 4.60. The van der Waals surface area contributed by atoms with E-state index in [0.29, 0.717) is 12.2 Å². The van der Waals surface area contributed by atoms with Crippen molar-refractivity contribution in [2.45, 2.75) is 44.8 Å². The highest BCUT2D eigenvalue weighted by Crippen LogP contribution is 2.45. The van der Waals surface area contributed by atoms with Crippen molar-refractivity contribution in [2.75, 3.05) is 0 Å². The fraction of sp³-hybridized carbons (Fsp3) is 0.350. The van der Waals surface area contributed by atoms with Crippen molar-refractivity contribution in [2.24, 2.45) is 0 Å². The zero-order chi connectivity index (χ0) is 15.4. The molecule has 2 nitrogen and oxygen atoms in total. The van der Waals surface area contributed by atoms with E-state index in [4.69, 9.17) is 0 Å². The summed E-state index contributed by atoms with van der Waals surface area (Å²) >= 11 is 0. The molecule has 0 amide bonds. The van der Waals surface area contributed by atoms with Crippen molar-refractivity contribution in [1.82, 2.24) is 4.90 Å². The first kappa shape index (κ1) is 15.0. The van der Waals surface area contributed by atoms with E-state index in [-0.39, 0.29) is 5.54 Å². The minimum Gasteiger partial charge on any atom is -0.298 e. The van der Waals surface area contributed by atoms with Gasteiger partial charge >= 0.3 is 0 Å². The van der Waals surface area contributed by atoms with Gasteiger partial charge in [-0.15, -0.1) is 0 Å². The van der Waals surface area contributed by atoms with Gasteiger partial charge in [-0.1, -0.05) is 67.6 Å². The predicted molar refractivity (Wildman–Crippen MR) is 89.4 cm³/mol. The molecular weight excluding hydrogens is 270 g/mol. The summed E-state index contributed by atoms with van der Waals surface area (Å²) in [7, 11) is 0. The van der Waals surface area contributed by atoms with Crippen LogP contribution in [0.5, 0.6) is 0 Å². The lowest BCUT2D eigenvalue weighted by Gasteiger charge is -2.31. The molecule has 1 aliphatic carbocycles. The van der Waals surface area contributed by atoms with Crippen LogP contribution in [0.4, 0.5) is 0 Å². The average Bonchev–Trinajstić information content (AvgIpc) is 3.37. The molecule has 1 saturated carbocycles. The fourth-order valence-electron chi connectivity index (χ4n) is 3.19. The SMILES string of the molecule is CCC(=O)C1(N(Cc2ccccc2)Cc2ccccc2)CC1. The van der Waals surface area contributed by atoms with E-state index < -0.39 is 0 Å². The lowest BCUT2D eigenvalue weighted by Crippen LogP contribution is -2.42. The summed E-state index contributed by atoms with van der Waals surface area (Å²) in [6.07, 6.45) is 2.62. The number of benzene rings is 2. The molecule has 3 rings (SSSR count). The molecule has 0 aromatic heterocycles. The summed E-state index contributed by atoms with van der Waals surface area (Å²) in [6, 6.07) is 20.9. The summed E-state index contributed by atoms with van der Waals surface area (Å²) in [6.45, 7) is 3.65. The van der Waals surface area contributed by atoms with Crippen LogP contribution in [0.3, 0.4) is 0 Å². The lowest BCUT2D eigenvalue weighted by atomic mass is 10.0. The van der Waals surface area contributed by atoms with Crippen LogP contribution in [-0.4, -0.2) is 16.2 Å². The van der Waals surface area contributed by atoms with Crippen LogP contribution in [0.1, 0.15) is 37.3 Å². The molecular formula is C20H23NO. The van der Waals surface area contributed by atoms with Gasteiger partial charge in [0.25, 0.3) is 0 Å². The van der Waals surface area contributed by atoms with Gasteiger partial charge in [0.1, 0.15) is 0 Å². The second-order valence-electron chi connectivity index (χ2n) is 6.14. The number of ketones is 1. The molecule has 0 radical (unpaired) electrons. The Bertz CT molecular complexity index is 575. The summed E-state index contributed by atoms with van der Waals surface area (Å²) in [4.78, 5) is 14.9. The Hall–Kier alpha value is -1.93. The predicted octanol–water partition coefficient (Wildman–Crippen LogP) is 4.20. The molecule has 0 bridgehead atoms. The third-order valence-electron chi connectivity index (χ3n) is 4.60. The Balaban J connectivity index is 1.84. The molecule has 0 saturated heterocycles. The number of rotatable bonds is 7. The minimum absolute atomic E-state index is 0.222. The first-order valence-corrected chi connectivity index (χ1v) is 8.11. The largest absolute Gasteiger partial charge is 0.298 e. The number of hydrogen-bond donors (Lipinski definition) is 0. The number of carbonyl (C=O) groups excluding carboxylic acids is 1. The van der Waals surface area contributed by atoms with Crippen LogP contribution in [0.25, 0.3) is 0 Å². The molecule has 114 valence electrons. The lowest BCUT2D eigenvalue weighted by molar-refractivity contribution is -0.126. The summed E-state index contributed by atoms with van der Waals surface area (Å²) in [5.74, 6) is 0.388. The van der Waals surface area contributed by atoms with Crippen molar-refractivity contribution in [3.63, 3.8) is 0 Å². The van der Waals surface area contributed by atoms with E-state index >= 15 is 0 Å². The molecule has 22 heavy (non-hydrogen) atoms. The Labute approximate surface area is 132 Å². The normalized spacial score (nSPS) is 15.7. The zero-order valence-corrected chi connectivity index (χ0v) is 13.2. The van der Waals surface area contributed by atoms with Crippen molar-refractivity contribution in [3.8, 4) is 0 Å². The molecule has 0 unspecified atom stereocenters. The molecule has 0 spiro atoms. The fourth-order valence-corrected chi connectivity index (χ4v) is 3.19. The van der Waals surface area contributed by atoms with Gasteiger partial charge in [0, 0.05) is 19.5 Å². The molecule has 1 aliphatic rings. The van der Waals surface area contributed by atoms with Gasteiger partial charge in [-0.3, -0.25) is 9.69 Å². The molecule has 0 N–H and O–H groups in total. The van der Waals surface area contributed by atoms with Gasteiger partial charge < -0.3 is 0 Å². The zero-order valence-electron chi connectivity index (χ0n) is 13.2. The monoisotopic (exact) mass is 293 g/mol. The Kier molecular flexibility index (Phi) is 4.39. The van der Waals surface area contributed by atoms with E-state index in [1.165, 1.54) is 11.1 Å². The molecule has 2 aromatic carbocycles. The third kappa shape index (κ3) is 3.12. The smallest absolute Gasteiger partial charge is 0.152 e. The van der Waals surface area contributed by atoms with Crippen LogP contribution >= 0.6 is 0 Å². The molecule has 0 atom stereocenters. The molecule has 2 aromatic rings. The van der Waals surface area contributed by atoms with E-state index in [1.54, 1.807) is 0 Å². The van der Waals surface area contributed by atoms with Crippen LogP contribution in [0, 0.1) is 0 Å². The molecule has 1 fully saturated rings. The van der Waals surface area contributed by atoms with Gasteiger partial charge in [0.15, 0.2) is 5.78 Å². The Morgan fingerprint density at radius 1 is 0.909 bits per heavy atom. The van der Waals surface area contributed by atoms with E-state index in [0.717, 1.165) is 25.9 Å². The van der Waals surface area contributed by atoms with Crippen LogP contribution < -0.4 is 0 Å². The van der Waals surface area contributed by atoms with Crippen LogP contribution in [-0.2, 0) is 17.9 Å². The maximum atomic E-state index is 12.5. The van der Waals surface area contributed by atoms with Crippen molar-refractivity contribution in [3.05, 3.63) is 71.8 Å². The van der Waals surface area contributed by atoms with Gasteiger partial charge in [-0.25, -0.2) is 0 Å². The van der Waals surface area contributed by atoms with Crippen molar-refractivity contribution in [1.29, 1.82) is 0 Å². The first-order chi connectivity index (χ1) is 10.7. The van der Waals surface area contributed by atoms with Gasteiger partial charge in [0.2, 0.25) is 0 Å². The van der Waals surface area contributed by atoms with Gasteiger partial charge in [-0.05, 0) is 24.0 Å². The summed E-state index contributed by atoms with van der Waals surface area (Å²) in [5, 5.41) is 0. The number of nitrogens with zero attached hydrogens (tertiary/aromatic N) is 1. The second-order valence-corrected chi connectivity index (χ2v) is 6.14. The highest BCUT2D eigenvalue weighted by molar-refractivity contribution is 5.91. The molecule has 2 heteroatoms. The van der Waals surface area contributed by atoms with Crippen LogP contribution in [0.2, 0.25) is 0 Å². The van der Waals surface area contributed by atoms with E-state index in [9.17, 15) is 4.79 Å². The molecule has 0 aliphatic heterocycles. The second kappa shape index (κ2) is 6.45. The van der Waals surface area contributed by atoms with E-state index in [2.05, 4.69) is 53.4 Å². The summed E-state index contributed by atoms with van der Waals surface area (Å²) in [5.41, 5.74) is 2.32. The van der Waals surface area contributed by atoms with Crippen molar-refractivity contribution >= 4 is 5.78 Å². The highest BCUT2D eigenvalue weighted by atomic mass is 16.1. The molecule has 0 heterocycles. The number of Topliss-reactive ketones (excluding diaryl/α,β-unsaturated/α-hetero) is 1. The van der Waals surface area contributed by atoms with Gasteiger partial charge in [-0.2, -0.15) is 0 Å². The maximum absolute atomic E-state index is 12.5. The maximum Gasteiger partial charge on any atom is 0.152 e. The van der Waals surface area contributed by atoms with Crippen LogP contribution in [0.15, 0.2) is 60.7 Å². The van der Waals surface area contributed by atoms with Crippen molar-refractivity contribution < 1.29 is 4.79 Å². The summed E-state index contributed by atoms with van der Waals surface area (Å²) < 4.78 is 0. The number of carbonyl (C=O) groups is 1. The quantitative estimate of drug-likeness (QED) is 0.762. The van der Waals surface area contributed by atoms with Gasteiger partial charge in [0.05, 0.1) is 5.54 Å². The Morgan fingerprint density at radius 2 is 1.36 bits per heavy atom. The topological polar surface area (TPSA) is 20.3 Å². The number of hydrogen-bond acceptors (Lipinski definition) is 2. The average molecular weight is 293 g/mol. The highest BCUT2D eigenvalue weighted by Gasteiger charge is 2.52. The standard InChI is InChI=1S/C20H23NO/c1-2-19(22)20(13-14-20)21(15-17-9-5-3-6-10-17)16-18-11-7-4-8-12-18/h3-12H,2,13-16H2,1H3.